The minimum atomic E-state index is -1.30. The summed E-state index contributed by atoms with van der Waals surface area (Å²) in [5.41, 5.74) is -0.841. The lowest BCUT2D eigenvalue weighted by Crippen LogP contribution is -2.35. The van der Waals surface area contributed by atoms with Crippen molar-refractivity contribution in [1.29, 1.82) is 0 Å². The molecule has 1 saturated heterocycles. The summed E-state index contributed by atoms with van der Waals surface area (Å²) in [4.78, 5) is 25.6. The Kier molecular flexibility index (Phi) is 5.90. The normalized spacial score (nSPS) is 15.1. The van der Waals surface area contributed by atoms with Gasteiger partial charge in [0.25, 0.3) is 5.91 Å². The first-order chi connectivity index (χ1) is 11.0. The molecule has 1 aromatic carbocycles. The number of nitrogens with one attached hydrogen (secondary N) is 1. The Labute approximate surface area is 133 Å². The number of hydrogen-bond acceptors (Lipinski definition) is 3. The Hall–Kier alpha value is -2.18. The van der Waals surface area contributed by atoms with Gasteiger partial charge in [0.05, 0.1) is 0 Å². The number of likely N-dealkylation sites (tertiary alicyclic amines) is 1. The zero-order valence-electron chi connectivity index (χ0n) is 12.8. The molecule has 1 aliphatic heterocycles. The summed E-state index contributed by atoms with van der Waals surface area (Å²) in [6, 6.07) is 1.65. The van der Waals surface area contributed by atoms with E-state index in [1.807, 2.05) is 0 Å². The van der Waals surface area contributed by atoms with Crippen LogP contribution in [0.5, 0.6) is 5.75 Å². The Balaban J connectivity index is 1.87. The number of aromatic hydroxyl groups is 1. The van der Waals surface area contributed by atoms with Gasteiger partial charge in [-0.3, -0.25) is 9.59 Å². The van der Waals surface area contributed by atoms with E-state index >= 15 is 0 Å². The lowest BCUT2D eigenvalue weighted by Gasteiger charge is -2.20. The van der Waals surface area contributed by atoms with Gasteiger partial charge >= 0.3 is 0 Å². The van der Waals surface area contributed by atoms with Gasteiger partial charge in [-0.1, -0.05) is 12.8 Å². The summed E-state index contributed by atoms with van der Waals surface area (Å²) in [7, 11) is 0. The molecule has 0 aliphatic carbocycles. The Morgan fingerprint density at radius 1 is 1.13 bits per heavy atom. The molecule has 0 aromatic heterocycles. The number of nitrogens with zero attached hydrogens (tertiary/aromatic N) is 1. The lowest BCUT2D eigenvalue weighted by atomic mass is 10.1. The van der Waals surface area contributed by atoms with Gasteiger partial charge in [-0.25, -0.2) is 8.78 Å². The van der Waals surface area contributed by atoms with Crippen LogP contribution >= 0.6 is 0 Å². The molecule has 1 fully saturated rings. The van der Waals surface area contributed by atoms with Gasteiger partial charge in [-0.05, 0) is 25.0 Å². The van der Waals surface area contributed by atoms with Crippen molar-refractivity contribution in [2.75, 3.05) is 19.6 Å². The highest BCUT2D eigenvalue weighted by Gasteiger charge is 2.21. The van der Waals surface area contributed by atoms with Crippen LogP contribution in [0.15, 0.2) is 12.1 Å². The lowest BCUT2D eigenvalue weighted by molar-refractivity contribution is -0.131. The van der Waals surface area contributed by atoms with Gasteiger partial charge in [0.1, 0.15) is 11.4 Å². The fraction of sp³-hybridized carbons (Fsp3) is 0.500. The largest absolute Gasteiger partial charge is 0.505 e. The number of benzene rings is 1. The first-order valence-electron chi connectivity index (χ1n) is 7.73. The molecule has 23 heavy (non-hydrogen) atoms. The highest BCUT2D eigenvalue weighted by Crippen LogP contribution is 2.21. The number of amides is 2. The highest BCUT2D eigenvalue weighted by molar-refractivity contribution is 5.95. The summed E-state index contributed by atoms with van der Waals surface area (Å²) in [5.74, 6) is -4.22. The van der Waals surface area contributed by atoms with E-state index in [0.717, 1.165) is 37.8 Å². The van der Waals surface area contributed by atoms with Crippen LogP contribution in [0, 0.1) is 11.6 Å². The number of carbonyl (C=O) groups excluding carboxylic acids is 2. The van der Waals surface area contributed by atoms with Crippen LogP contribution < -0.4 is 5.32 Å². The third kappa shape index (κ3) is 4.40. The summed E-state index contributed by atoms with van der Waals surface area (Å²) in [6.07, 6.45) is 4.23. The molecule has 2 amide bonds. The zero-order valence-corrected chi connectivity index (χ0v) is 12.8. The molecule has 126 valence electrons. The molecule has 0 atom stereocenters. The monoisotopic (exact) mass is 326 g/mol. The van der Waals surface area contributed by atoms with Gasteiger partial charge in [0.2, 0.25) is 5.91 Å². The SMILES string of the molecule is O=C(NCCC(=O)N1CCCCCC1)c1c(F)ccc(O)c1F. The molecule has 2 rings (SSSR count). The predicted molar refractivity (Wildman–Crippen MR) is 80.0 cm³/mol. The second-order valence-corrected chi connectivity index (χ2v) is 5.56. The Morgan fingerprint density at radius 2 is 1.78 bits per heavy atom. The maximum atomic E-state index is 13.6. The number of phenols is 1. The molecule has 0 radical (unpaired) electrons. The van der Waals surface area contributed by atoms with Crippen molar-refractivity contribution in [3.63, 3.8) is 0 Å². The minimum Gasteiger partial charge on any atom is -0.505 e. The number of rotatable bonds is 4. The van der Waals surface area contributed by atoms with Crippen molar-refractivity contribution in [3.05, 3.63) is 29.3 Å². The maximum absolute atomic E-state index is 13.6. The van der Waals surface area contributed by atoms with Crippen LogP contribution in [0.3, 0.4) is 0 Å². The van der Waals surface area contributed by atoms with Gasteiger partial charge in [0, 0.05) is 26.1 Å². The molecule has 2 N–H and O–H groups in total. The fourth-order valence-corrected chi connectivity index (χ4v) is 2.60. The van der Waals surface area contributed by atoms with Crippen molar-refractivity contribution in [1.82, 2.24) is 10.2 Å². The van der Waals surface area contributed by atoms with Crippen LogP contribution in [0.1, 0.15) is 42.5 Å². The quantitative estimate of drug-likeness (QED) is 0.891. The molecule has 1 aromatic rings. The highest BCUT2D eigenvalue weighted by atomic mass is 19.1. The number of carbonyl (C=O) groups is 2. The third-order valence-electron chi connectivity index (χ3n) is 3.88. The number of phenolic OH excluding ortho intramolecular Hbond substituents is 1. The van der Waals surface area contributed by atoms with E-state index in [1.165, 1.54) is 0 Å². The van der Waals surface area contributed by atoms with E-state index in [1.54, 1.807) is 4.90 Å². The molecule has 0 spiro atoms. The van der Waals surface area contributed by atoms with Crippen LogP contribution in [0.4, 0.5) is 8.78 Å². The van der Waals surface area contributed by atoms with Crippen molar-refractivity contribution >= 4 is 11.8 Å². The van der Waals surface area contributed by atoms with Crippen molar-refractivity contribution in [3.8, 4) is 5.75 Å². The maximum Gasteiger partial charge on any atom is 0.257 e. The van der Waals surface area contributed by atoms with E-state index in [4.69, 9.17) is 0 Å². The smallest absolute Gasteiger partial charge is 0.257 e. The zero-order chi connectivity index (χ0) is 16.8. The van der Waals surface area contributed by atoms with E-state index in [9.17, 15) is 23.5 Å². The van der Waals surface area contributed by atoms with Crippen LogP contribution in [-0.2, 0) is 4.79 Å². The Bertz CT molecular complexity index is 585. The summed E-state index contributed by atoms with van der Waals surface area (Å²) in [5, 5.41) is 11.5. The van der Waals surface area contributed by atoms with E-state index in [-0.39, 0.29) is 18.9 Å². The average Bonchev–Trinajstić information content (AvgIpc) is 2.80. The molecule has 7 heteroatoms. The number of hydrogen-bond donors (Lipinski definition) is 2. The predicted octanol–water partition coefficient (Wildman–Crippen LogP) is 2.19. The summed E-state index contributed by atoms with van der Waals surface area (Å²) < 4.78 is 27.1. The topological polar surface area (TPSA) is 69.6 Å². The second kappa shape index (κ2) is 7.89. The van der Waals surface area contributed by atoms with E-state index < -0.39 is 28.9 Å². The molecule has 0 unspecified atom stereocenters. The second-order valence-electron chi connectivity index (χ2n) is 5.56. The molecule has 0 saturated carbocycles. The van der Waals surface area contributed by atoms with Crippen LogP contribution in [0.2, 0.25) is 0 Å². The van der Waals surface area contributed by atoms with Crippen LogP contribution in [0.25, 0.3) is 0 Å². The molecular formula is C16H20F2N2O3. The average molecular weight is 326 g/mol. The third-order valence-corrected chi connectivity index (χ3v) is 3.88. The molecular weight excluding hydrogens is 306 g/mol. The standard InChI is InChI=1S/C16H20F2N2O3/c17-11-5-6-12(21)15(18)14(11)16(23)19-8-7-13(22)20-9-3-1-2-4-10-20/h5-6,21H,1-4,7-10H2,(H,19,23). The van der Waals surface area contributed by atoms with E-state index in [0.29, 0.717) is 13.1 Å². The van der Waals surface area contributed by atoms with Gasteiger partial charge < -0.3 is 15.3 Å². The van der Waals surface area contributed by atoms with Crippen molar-refractivity contribution in [2.45, 2.75) is 32.1 Å². The molecule has 1 aliphatic rings. The molecule has 5 nitrogen and oxygen atoms in total. The summed E-state index contributed by atoms with van der Waals surface area (Å²) >= 11 is 0. The van der Waals surface area contributed by atoms with E-state index in [2.05, 4.69) is 5.32 Å². The number of halogens is 2. The Morgan fingerprint density at radius 3 is 2.43 bits per heavy atom. The van der Waals surface area contributed by atoms with Gasteiger partial charge in [-0.2, -0.15) is 0 Å². The summed E-state index contributed by atoms with van der Waals surface area (Å²) in [6.45, 7) is 1.41. The van der Waals surface area contributed by atoms with Crippen molar-refractivity contribution in [2.24, 2.45) is 0 Å². The molecule has 0 bridgehead atoms. The van der Waals surface area contributed by atoms with Crippen LogP contribution in [-0.4, -0.2) is 41.5 Å². The van der Waals surface area contributed by atoms with Gasteiger partial charge in [0.15, 0.2) is 11.6 Å². The van der Waals surface area contributed by atoms with Gasteiger partial charge in [-0.15, -0.1) is 0 Å². The minimum absolute atomic E-state index is 0.0112. The molecule has 1 heterocycles. The first kappa shape index (κ1) is 17.2. The van der Waals surface area contributed by atoms with Crippen molar-refractivity contribution < 1.29 is 23.5 Å². The fourth-order valence-electron chi connectivity index (χ4n) is 2.60. The first-order valence-corrected chi connectivity index (χ1v) is 7.73.